The molecule has 4 nitrogen and oxygen atoms in total. The van der Waals surface area contributed by atoms with Crippen molar-refractivity contribution in [3.05, 3.63) is 30.1 Å². The molecule has 1 amide bonds. The topological polar surface area (TPSA) is 68.0 Å². The molecule has 0 aromatic carbocycles. The van der Waals surface area contributed by atoms with E-state index in [-0.39, 0.29) is 23.9 Å². The highest BCUT2D eigenvalue weighted by Gasteiger charge is 2.28. The summed E-state index contributed by atoms with van der Waals surface area (Å²) in [6, 6.07) is 4.07. The first-order chi connectivity index (χ1) is 8.16. The van der Waals surface area contributed by atoms with Crippen LogP contribution in [0.15, 0.2) is 24.5 Å². The maximum atomic E-state index is 12.0. The zero-order chi connectivity index (χ0) is 12.3. The highest BCUT2D eigenvalue weighted by atomic mass is 16.1. The van der Waals surface area contributed by atoms with Crippen LogP contribution in [0.1, 0.15) is 37.8 Å². The van der Waals surface area contributed by atoms with Gasteiger partial charge >= 0.3 is 0 Å². The predicted molar refractivity (Wildman–Crippen MR) is 66.1 cm³/mol. The van der Waals surface area contributed by atoms with Crippen molar-refractivity contribution in [2.75, 3.05) is 0 Å². The first-order valence-electron chi connectivity index (χ1n) is 6.12. The summed E-state index contributed by atoms with van der Waals surface area (Å²) in [6.07, 6.45) is 6.17. The van der Waals surface area contributed by atoms with E-state index in [0.717, 1.165) is 24.8 Å². The molecule has 0 aliphatic heterocycles. The number of hydrogen-bond acceptors (Lipinski definition) is 3. The third-order valence-electron chi connectivity index (χ3n) is 3.41. The van der Waals surface area contributed by atoms with E-state index >= 15 is 0 Å². The minimum atomic E-state index is 0.0299. The van der Waals surface area contributed by atoms with Crippen LogP contribution in [-0.4, -0.2) is 16.9 Å². The van der Waals surface area contributed by atoms with E-state index in [1.54, 1.807) is 12.4 Å². The Hall–Kier alpha value is -1.42. The lowest BCUT2D eigenvalue weighted by Crippen LogP contribution is -2.32. The van der Waals surface area contributed by atoms with E-state index in [1.807, 2.05) is 19.1 Å². The Labute approximate surface area is 102 Å². The SMILES string of the molecule is CC(NC(=O)C1CCC(N)C1)c1ccncc1. The van der Waals surface area contributed by atoms with Gasteiger partial charge in [-0.1, -0.05) is 0 Å². The normalized spacial score (nSPS) is 25.5. The van der Waals surface area contributed by atoms with Crippen molar-refractivity contribution < 1.29 is 4.79 Å². The van der Waals surface area contributed by atoms with Gasteiger partial charge < -0.3 is 11.1 Å². The maximum Gasteiger partial charge on any atom is 0.223 e. The largest absolute Gasteiger partial charge is 0.349 e. The lowest BCUT2D eigenvalue weighted by atomic mass is 10.1. The minimum Gasteiger partial charge on any atom is -0.349 e. The smallest absolute Gasteiger partial charge is 0.223 e. The fourth-order valence-corrected chi connectivity index (χ4v) is 2.32. The van der Waals surface area contributed by atoms with Gasteiger partial charge in [-0.3, -0.25) is 9.78 Å². The van der Waals surface area contributed by atoms with Crippen molar-refractivity contribution in [3.8, 4) is 0 Å². The van der Waals surface area contributed by atoms with E-state index < -0.39 is 0 Å². The zero-order valence-electron chi connectivity index (χ0n) is 10.1. The third kappa shape index (κ3) is 3.03. The van der Waals surface area contributed by atoms with Gasteiger partial charge in [0.15, 0.2) is 0 Å². The van der Waals surface area contributed by atoms with Gasteiger partial charge in [0, 0.05) is 24.4 Å². The number of nitrogens with zero attached hydrogens (tertiary/aromatic N) is 1. The molecular formula is C13H19N3O. The summed E-state index contributed by atoms with van der Waals surface area (Å²) in [5.74, 6) is 0.219. The number of rotatable bonds is 3. The lowest BCUT2D eigenvalue weighted by molar-refractivity contribution is -0.125. The highest BCUT2D eigenvalue weighted by Crippen LogP contribution is 2.25. The number of carbonyl (C=O) groups excluding carboxylic acids is 1. The van der Waals surface area contributed by atoms with Gasteiger partial charge in [-0.25, -0.2) is 0 Å². The summed E-state index contributed by atoms with van der Waals surface area (Å²) >= 11 is 0. The van der Waals surface area contributed by atoms with Crippen molar-refractivity contribution in [1.29, 1.82) is 0 Å². The van der Waals surface area contributed by atoms with Gasteiger partial charge in [0.05, 0.1) is 6.04 Å². The van der Waals surface area contributed by atoms with Gasteiger partial charge in [-0.15, -0.1) is 0 Å². The summed E-state index contributed by atoms with van der Waals surface area (Å²) in [5, 5.41) is 3.04. The molecule has 17 heavy (non-hydrogen) atoms. The molecule has 2 rings (SSSR count). The van der Waals surface area contributed by atoms with Crippen LogP contribution in [0.25, 0.3) is 0 Å². The second-order valence-electron chi connectivity index (χ2n) is 4.78. The Kier molecular flexibility index (Phi) is 3.74. The monoisotopic (exact) mass is 233 g/mol. The number of nitrogens with one attached hydrogen (secondary N) is 1. The van der Waals surface area contributed by atoms with Gasteiger partial charge in [0.1, 0.15) is 0 Å². The lowest BCUT2D eigenvalue weighted by Gasteiger charge is -2.17. The molecule has 3 unspecified atom stereocenters. The number of hydrogen-bond donors (Lipinski definition) is 2. The third-order valence-corrected chi connectivity index (χ3v) is 3.41. The Morgan fingerprint density at radius 3 is 2.76 bits per heavy atom. The van der Waals surface area contributed by atoms with Crippen molar-refractivity contribution in [2.24, 2.45) is 11.7 Å². The molecular weight excluding hydrogens is 214 g/mol. The summed E-state index contributed by atoms with van der Waals surface area (Å²) < 4.78 is 0. The molecule has 4 heteroatoms. The number of nitrogens with two attached hydrogens (primary N) is 1. The second kappa shape index (κ2) is 5.27. The summed E-state index contributed by atoms with van der Waals surface area (Å²) in [7, 11) is 0. The quantitative estimate of drug-likeness (QED) is 0.829. The van der Waals surface area contributed by atoms with Crippen LogP contribution in [0.4, 0.5) is 0 Å². The Balaban J connectivity index is 1.91. The number of carbonyl (C=O) groups is 1. The average molecular weight is 233 g/mol. The molecule has 1 fully saturated rings. The van der Waals surface area contributed by atoms with Gasteiger partial charge in [0.25, 0.3) is 0 Å². The van der Waals surface area contributed by atoms with Crippen LogP contribution in [0.5, 0.6) is 0 Å². The second-order valence-corrected chi connectivity index (χ2v) is 4.78. The van der Waals surface area contributed by atoms with Gasteiger partial charge in [-0.05, 0) is 43.9 Å². The van der Waals surface area contributed by atoms with Crippen LogP contribution >= 0.6 is 0 Å². The number of aromatic nitrogens is 1. The van der Waals surface area contributed by atoms with E-state index in [2.05, 4.69) is 10.3 Å². The summed E-state index contributed by atoms with van der Waals surface area (Å²) in [6.45, 7) is 1.99. The average Bonchev–Trinajstić information content (AvgIpc) is 2.77. The summed E-state index contributed by atoms with van der Waals surface area (Å²) in [4.78, 5) is 16.0. The van der Waals surface area contributed by atoms with Crippen molar-refractivity contribution in [3.63, 3.8) is 0 Å². The molecule has 1 saturated carbocycles. The van der Waals surface area contributed by atoms with Crippen LogP contribution in [-0.2, 0) is 4.79 Å². The molecule has 1 aromatic heterocycles. The molecule has 3 atom stereocenters. The van der Waals surface area contributed by atoms with Crippen LogP contribution in [0.2, 0.25) is 0 Å². The van der Waals surface area contributed by atoms with Crippen molar-refractivity contribution in [1.82, 2.24) is 10.3 Å². The van der Waals surface area contributed by atoms with Gasteiger partial charge in [0.2, 0.25) is 5.91 Å². The molecule has 0 spiro atoms. The fourth-order valence-electron chi connectivity index (χ4n) is 2.32. The molecule has 3 N–H and O–H groups in total. The molecule has 1 heterocycles. The molecule has 0 saturated heterocycles. The Bertz CT molecular complexity index is 380. The molecule has 92 valence electrons. The van der Waals surface area contributed by atoms with Crippen LogP contribution < -0.4 is 11.1 Å². The first-order valence-corrected chi connectivity index (χ1v) is 6.12. The van der Waals surface area contributed by atoms with Crippen LogP contribution in [0, 0.1) is 5.92 Å². The molecule has 1 aliphatic carbocycles. The molecule has 1 aliphatic rings. The van der Waals surface area contributed by atoms with Crippen molar-refractivity contribution >= 4 is 5.91 Å². The first kappa shape index (κ1) is 12.0. The summed E-state index contributed by atoms with van der Waals surface area (Å²) in [5.41, 5.74) is 6.90. The van der Waals surface area contributed by atoms with E-state index in [1.165, 1.54) is 0 Å². The Morgan fingerprint density at radius 1 is 1.47 bits per heavy atom. The zero-order valence-corrected chi connectivity index (χ0v) is 10.1. The minimum absolute atomic E-state index is 0.0299. The fraction of sp³-hybridized carbons (Fsp3) is 0.538. The van der Waals surface area contributed by atoms with Crippen LogP contribution in [0.3, 0.4) is 0 Å². The van der Waals surface area contributed by atoms with E-state index in [4.69, 9.17) is 5.73 Å². The predicted octanol–water partition coefficient (Wildman–Crippen LogP) is 1.39. The Morgan fingerprint density at radius 2 is 2.18 bits per heavy atom. The van der Waals surface area contributed by atoms with Crippen molar-refractivity contribution in [2.45, 2.75) is 38.3 Å². The number of pyridine rings is 1. The maximum absolute atomic E-state index is 12.0. The highest BCUT2D eigenvalue weighted by molar-refractivity contribution is 5.79. The molecule has 1 aromatic rings. The van der Waals surface area contributed by atoms with E-state index in [0.29, 0.717) is 0 Å². The van der Waals surface area contributed by atoms with Gasteiger partial charge in [-0.2, -0.15) is 0 Å². The number of amides is 1. The molecule has 0 radical (unpaired) electrons. The molecule has 0 bridgehead atoms. The van der Waals surface area contributed by atoms with E-state index in [9.17, 15) is 4.79 Å². The standard InChI is InChI=1S/C13H19N3O/c1-9(10-4-6-15-7-5-10)16-13(17)11-2-3-12(14)8-11/h4-7,9,11-12H,2-3,8,14H2,1H3,(H,16,17).